The van der Waals surface area contributed by atoms with E-state index in [0.717, 1.165) is 19.3 Å². The fourth-order valence-electron chi connectivity index (χ4n) is 2.18. The van der Waals surface area contributed by atoms with Gasteiger partial charge in [0, 0.05) is 25.9 Å². The molecule has 17 heavy (non-hydrogen) atoms. The van der Waals surface area contributed by atoms with E-state index in [1.54, 1.807) is 0 Å². The topological polar surface area (TPSA) is 52.6 Å². The summed E-state index contributed by atoms with van der Waals surface area (Å²) < 4.78 is 10.2. The first-order valence-electron chi connectivity index (χ1n) is 6.35. The van der Waals surface area contributed by atoms with Gasteiger partial charge in [-0.2, -0.15) is 0 Å². The van der Waals surface area contributed by atoms with Gasteiger partial charge in [-0.25, -0.2) is 0 Å². The van der Waals surface area contributed by atoms with Crippen molar-refractivity contribution in [3.05, 3.63) is 0 Å². The normalized spacial score (nSPS) is 23.6. The van der Waals surface area contributed by atoms with Crippen LogP contribution in [-0.4, -0.2) is 31.6 Å². The average Bonchev–Trinajstić information content (AvgIpc) is 2.74. The molecule has 0 spiro atoms. The maximum absolute atomic E-state index is 11.5. The predicted molar refractivity (Wildman–Crippen MR) is 63.6 cm³/mol. The van der Waals surface area contributed by atoms with Crippen LogP contribution in [0.3, 0.4) is 0 Å². The Morgan fingerprint density at radius 2 is 2.12 bits per heavy atom. The second kappa shape index (κ2) is 7.43. The number of carbonyl (C=O) groups excluding carboxylic acids is 2. The van der Waals surface area contributed by atoms with Crippen LogP contribution in [0.1, 0.15) is 45.4 Å². The molecule has 0 aromatic rings. The Morgan fingerprint density at radius 1 is 1.35 bits per heavy atom. The van der Waals surface area contributed by atoms with Gasteiger partial charge in [0.2, 0.25) is 0 Å². The summed E-state index contributed by atoms with van der Waals surface area (Å²) in [6.07, 6.45) is 4.28. The van der Waals surface area contributed by atoms with Crippen LogP contribution in [0.2, 0.25) is 0 Å². The summed E-state index contributed by atoms with van der Waals surface area (Å²) in [5.74, 6) is 0.509. The molecule has 1 saturated heterocycles. The lowest BCUT2D eigenvalue weighted by Gasteiger charge is -2.08. The lowest BCUT2D eigenvalue weighted by atomic mass is 9.97. The minimum Gasteiger partial charge on any atom is -0.469 e. The molecule has 0 saturated carbocycles. The van der Waals surface area contributed by atoms with E-state index in [-0.39, 0.29) is 17.9 Å². The predicted octanol–water partition coefficient (Wildman–Crippen LogP) is 2.10. The van der Waals surface area contributed by atoms with Gasteiger partial charge in [-0.3, -0.25) is 9.59 Å². The van der Waals surface area contributed by atoms with Crippen LogP contribution in [0.25, 0.3) is 0 Å². The molecule has 0 bridgehead atoms. The molecule has 0 aromatic carbocycles. The Kier molecular flexibility index (Phi) is 6.19. The number of esters is 1. The van der Waals surface area contributed by atoms with Crippen LogP contribution < -0.4 is 0 Å². The molecule has 0 aliphatic carbocycles. The lowest BCUT2D eigenvalue weighted by Crippen LogP contribution is -2.12. The number of hydrogen-bond donors (Lipinski definition) is 0. The highest BCUT2D eigenvalue weighted by Gasteiger charge is 2.27. The fourth-order valence-corrected chi connectivity index (χ4v) is 2.18. The standard InChI is InChI=1S/C13H22O4/c1-3-4-11(14)8-12-7-10(9-17-12)5-6-13(15)16-2/h10,12H,3-9H2,1-2H3. The first-order chi connectivity index (χ1) is 8.15. The zero-order valence-corrected chi connectivity index (χ0v) is 10.7. The second-order valence-electron chi connectivity index (χ2n) is 4.66. The highest BCUT2D eigenvalue weighted by atomic mass is 16.5. The van der Waals surface area contributed by atoms with E-state index in [1.165, 1.54) is 7.11 Å². The van der Waals surface area contributed by atoms with Crippen LogP contribution in [0.4, 0.5) is 0 Å². The van der Waals surface area contributed by atoms with Crippen LogP contribution in [0.15, 0.2) is 0 Å². The zero-order valence-electron chi connectivity index (χ0n) is 10.7. The third-order valence-corrected chi connectivity index (χ3v) is 3.13. The Labute approximate surface area is 103 Å². The van der Waals surface area contributed by atoms with Crippen molar-refractivity contribution in [2.45, 2.75) is 51.6 Å². The summed E-state index contributed by atoms with van der Waals surface area (Å²) >= 11 is 0. The monoisotopic (exact) mass is 242 g/mol. The van der Waals surface area contributed by atoms with E-state index in [9.17, 15) is 9.59 Å². The first kappa shape index (κ1) is 14.2. The molecule has 98 valence electrons. The average molecular weight is 242 g/mol. The van der Waals surface area contributed by atoms with E-state index in [2.05, 4.69) is 4.74 Å². The van der Waals surface area contributed by atoms with Gasteiger partial charge in [0.25, 0.3) is 0 Å². The summed E-state index contributed by atoms with van der Waals surface area (Å²) in [4.78, 5) is 22.5. The highest BCUT2D eigenvalue weighted by Crippen LogP contribution is 2.26. The van der Waals surface area contributed by atoms with Crippen molar-refractivity contribution in [1.82, 2.24) is 0 Å². The molecular weight excluding hydrogens is 220 g/mol. The molecule has 4 nitrogen and oxygen atoms in total. The van der Waals surface area contributed by atoms with Crippen molar-refractivity contribution in [2.24, 2.45) is 5.92 Å². The summed E-state index contributed by atoms with van der Waals surface area (Å²) in [6, 6.07) is 0. The number of rotatable bonds is 7. The first-order valence-corrected chi connectivity index (χ1v) is 6.35. The largest absolute Gasteiger partial charge is 0.469 e. The molecule has 0 amide bonds. The van der Waals surface area contributed by atoms with Crippen molar-refractivity contribution in [3.8, 4) is 0 Å². The maximum atomic E-state index is 11.5. The molecular formula is C13H22O4. The van der Waals surface area contributed by atoms with Gasteiger partial charge in [-0.1, -0.05) is 6.92 Å². The summed E-state index contributed by atoms with van der Waals surface area (Å²) in [6.45, 7) is 2.67. The summed E-state index contributed by atoms with van der Waals surface area (Å²) in [7, 11) is 1.40. The third-order valence-electron chi connectivity index (χ3n) is 3.13. The minimum absolute atomic E-state index is 0.0664. The molecule has 1 fully saturated rings. The van der Waals surface area contributed by atoms with Crippen molar-refractivity contribution in [1.29, 1.82) is 0 Å². The number of methoxy groups -OCH3 is 1. The summed E-state index contributed by atoms with van der Waals surface area (Å²) in [5.41, 5.74) is 0. The third kappa shape index (κ3) is 5.31. The Bertz CT molecular complexity index is 262. The number of ether oxygens (including phenoxy) is 2. The Balaban J connectivity index is 2.18. The molecule has 1 heterocycles. The van der Waals surface area contributed by atoms with Crippen LogP contribution in [0.5, 0.6) is 0 Å². The molecule has 1 rings (SSSR count). The zero-order chi connectivity index (χ0) is 12.7. The lowest BCUT2D eigenvalue weighted by molar-refractivity contribution is -0.141. The number of Topliss-reactive ketones (excluding diaryl/α,β-unsaturated/α-hetero) is 1. The number of ketones is 1. The molecule has 0 radical (unpaired) electrons. The van der Waals surface area contributed by atoms with Gasteiger partial charge in [0.1, 0.15) is 5.78 Å². The Morgan fingerprint density at radius 3 is 2.76 bits per heavy atom. The van der Waals surface area contributed by atoms with Gasteiger partial charge in [0.05, 0.1) is 13.2 Å². The molecule has 4 heteroatoms. The second-order valence-corrected chi connectivity index (χ2v) is 4.66. The van der Waals surface area contributed by atoms with E-state index in [0.29, 0.717) is 31.8 Å². The van der Waals surface area contributed by atoms with E-state index in [1.807, 2.05) is 6.92 Å². The fraction of sp³-hybridized carbons (Fsp3) is 0.846. The molecule has 2 atom stereocenters. The van der Waals surface area contributed by atoms with Gasteiger partial charge in [-0.15, -0.1) is 0 Å². The quantitative estimate of drug-likeness (QED) is 0.641. The SMILES string of the molecule is CCCC(=O)CC1CC(CCC(=O)OC)CO1. The van der Waals surface area contributed by atoms with Crippen LogP contribution in [-0.2, 0) is 19.1 Å². The molecule has 2 unspecified atom stereocenters. The maximum Gasteiger partial charge on any atom is 0.305 e. The van der Waals surface area contributed by atoms with Crippen LogP contribution >= 0.6 is 0 Å². The highest BCUT2D eigenvalue weighted by molar-refractivity contribution is 5.78. The van der Waals surface area contributed by atoms with Crippen molar-refractivity contribution in [3.63, 3.8) is 0 Å². The molecule has 0 aromatic heterocycles. The number of hydrogen-bond acceptors (Lipinski definition) is 4. The van der Waals surface area contributed by atoms with E-state index in [4.69, 9.17) is 4.74 Å². The van der Waals surface area contributed by atoms with E-state index < -0.39 is 0 Å². The van der Waals surface area contributed by atoms with Gasteiger partial charge < -0.3 is 9.47 Å². The smallest absolute Gasteiger partial charge is 0.305 e. The van der Waals surface area contributed by atoms with Crippen LogP contribution in [0, 0.1) is 5.92 Å². The number of carbonyl (C=O) groups is 2. The van der Waals surface area contributed by atoms with E-state index >= 15 is 0 Å². The van der Waals surface area contributed by atoms with Gasteiger partial charge in [0.15, 0.2) is 0 Å². The molecule has 1 aliphatic heterocycles. The summed E-state index contributed by atoms with van der Waals surface area (Å²) in [5, 5.41) is 0. The minimum atomic E-state index is -0.171. The van der Waals surface area contributed by atoms with Crippen molar-refractivity contribution in [2.75, 3.05) is 13.7 Å². The van der Waals surface area contributed by atoms with Crippen molar-refractivity contribution < 1.29 is 19.1 Å². The van der Waals surface area contributed by atoms with Crippen molar-refractivity contribution >= 4 is 11.8 Å². The Hall–Kier alpha value is -0.900. The van der Waals surface area contributed by atoms with Gasteiger partial charge >= 0.3 is 5.97 Å². The molecule has 1 aliphatic rings. The van der Waals surface area contributed by atoms with Gasteiger partial charge in [-0.05, 0) is 25.2 Å². The molecule has 0 N–H and O–H groups in total.